The van der Waals surface area contributed by atoms with Crippen LogP contribution in [0.25, 0.3) is 0 Å². The molecule has 1 aromatic carbocycles. The van der Waals surface area contributed by atoms with Gasteiger partial charge in [0.2, 0.25) is 0 Å². The number of rotatable bonds is 7. The van der Waals surface area contributed by atoms with Crippen LogP contribution in [0.1, 0.15) is 6.42 Å². The first kappa shape index (κ1) is 18.6. The first-order valence-electron chi connectivity index (χ1n) is 4.86. The van der Waals surface area contributed by atoms with E-state index in [2.05, 4.69) is 22.6 Å². The zero-order valence-electron chi connectivity index (χ0n) is 9.97. The van der Waals surface area contributed by atoms with E-state index in [1.54, 1.807) is 6.07 Å². The summed E-state index contributed by atoms with van der Waals surface area (Å²) >= 11 is 2.24. The van der Waals surface area contributed by atoms with Crippen molar-refractivity contribution in [2.24, 2.45) is 0 Å². The fourth-order valence-electron chi connectivity index (χ4n) is 1.04. The van der Waals surface area contributed by atoms with Gasteiger partial charge in [0.15, 0.2) is 6.79 Å². The minimum absolute atomic E-state index is 0. The summed E-state index contributed by atoms with van der Waals surface area (Å²) in [6, 6.07) is 5.43. The minimum Gasteiger partial charge on any atom is -0.744 e. The van der Waals surface area contributed by atoms with Crippen molar-refractivity contribution in [3.05, 3.63) is 24.3 Å². The maximum Gasteiger partial charge on any atom is 1.00 e. The second-order valence-electron chi connectivity index (χ2n) is 3.14. The smallest absolute Gasteiger partial charge is 0.744 e. The molecule has 8 heteroatoms. The number of benzene rings is 1. The monoisotopic (exact) mass is 394 g/mol. The predicted octanol–water partition coefficient (Wildman–Crippen LogP) is -1.23. The van der Waals surface area contributed by atoms with E-state index in [-0.39, 0.29) is 41.2 Å². The minimum atomic E-state index is -4.44. The molecular weight excluding hydrogens is 382 g/mol. The first-order chi connectivity index (χ1) is 8.04. The molecule has 1 rings (SSSR count). The molecule has 0 unspecified atom stereocenters. The first-order valence-corrected chi connectivity index (χ1v) is 7.80. The average Bonchev–Trinajstić information content (AvgIpc) is 2.28. The van der Waals surface area contributed by atoms with Crippen molar-refractivity contribution in [2.45, 2.75) is 11.3 Å². The molecule has 0 aliphatic carbocycles. The molecule has 96 valence electrons. The Morgan fingerprint density at radius 2 is 2.06 bits per heavy atom. The second kappa shape index (κ2) is 9.51. The summed E-state index contributed by atoms with van der Waals surface area (Å²) in [6.07, 6.45) is 0.929. The van der Waals surface area contributed by atoms with Gasteiger partial charge in [-0.15, -0.1) is 0 Å². The van der Waals surface area contributed by atoms with Crippen LogP contribution in [0, 0.1) is 0 Å². The van der Waals surface area contributed by atoms with Gasteiger partial charge in [-0.3, -0.25) is 0 Å². The van der Waals surface area contributed by atoms with Crippen LogP contribution >= 0.6 is 22.6 Å². The predicted molar refractivity (Wildman–Crippen MR) is 69.4 cm³/mol. The fourth-order valence-corrected chi connectivity index (χ4v) is 1.86. The van der Waals surface area contributed by atoms with Gasteiger partial charge in [0, 0.05) is 4.43 Å². The summed E-state index contributed by atoms with van der Waals surface area (Å²) in [7, 11) is -4.44. The fraction of sp³-hybridized carbons (Fsp3) is 0.400. The van der Waals surface area contributed by atoms with Gasteiger partial charge < -0.3 is 14.0 Å². The van der Waals surface area contributed by atoms with Crippen LogP contribution in [0.3, 0.4) is 0 Å². The topological polar surface area (TPSA) is 75.7 Å². The molecule has 0 aromatic heterocycles. The zero-order chi connectivity index (χ0) is 12.7. The molecule has 0 aliphatic rings. The second-order valence-corrected chi connectivity index (χ2v) is 5.60. The standard InChI is InChI=1S/C10H13IO5S.Na/c11-5-2-6-15-8-16-9-3-1-4-10(7-9)17(12,13)14;/h1,3-4,7H,2,5-6,8H2,(H,12,13,14);/q;+1/p-1. The number of alkyl halides is 1. The quantitative estimate of drug-likeness (QED) is 0.145. The van der Waals surface area contributed by atoms with Crippen molar-refractivity contribution in [1.29, 1.82) is 0 Å². The van der Waals surface area contributed by atoms with E-state index in [1.165, 1.54) is 18.2 Å². The average molecular weight is 394 g/mol. The maximum absolute atomic E-state index is 10.8. The van der Waals surface area contributed by atoms with Crippen molar-refractivity contribution >= 4 is 32.7 Å². The van der Waals surface area contributed by atoms with Crippen molar-refractivity contribution in [1.82, 2.24) is 0 Å². The van der Waals surface area contributed by atoms with Crippen LogP contribution in [-0.2, 0) is 14.9 Å². The molecule has 0 aliphatic heterocycles. The molecule has 0 heterocycles. The molecule has 0 saturated carbocycles. The van der Waals surface area contributed by atoms with Crippen LogP contribution in [0.15, 0.2) is 29.2 Å². The largest absolute Gasteiger partial charge is 1.00 e. The molecule has 0 radical (unpaired) electrons. The van der Waals surface area contributed by atoms with Crippen LogP contribution in [-0.4, -0.2) is 30.8 Å². The number of hydrogen-bond acceptors (Lipinski definition) is 5. The van der Waals surface area contributed by atoms with Gasteiger partial charge in [-0.25, -0.2) is 8.42 Å². The third kappa shape index (κ3) is 7.27. The SMILES string of the molecule is O=S(=O)([O-])c1cccc(OCOCCCI)c1.[Na+]. The van der Waals surface area contributed by atoms with E-state index >= 15 is 0 Å². The van der Waals surface area contributed by atoms with Gasteiger partial charge in [0.05, 0.1) is 11.5 Å². The summed E-state index contributed by atoms with van der Waals surface area (Å²) in [5, 5.41) is 0. The van der Waals surface area contributed by atoms with E-state index in [9.17, 15) is 13.0 Å². The van der Waals surface area contributed by atoms with E-state index in [4.69, 9.17) is 9.47 Å². The summed E-state index contributed by atoms with van der Waals surface area (Å²) in [5.74, 6) is 0.302. The number of hydrogen-bond donors (Lipinski definition) is 0. The van der Waals surface area contributed by atoms with E-state index in [0.717, 1.165) is 10.8 Å². The Kier molecular flexibility index (Phi) is 9.84. The van der Waals surface area contributed by atoms with Crippen LogP contribution < -0.4 is 34.3 Å². The van der Waals surface area contributed by atoms with Crippen molar-refractivity contribution in [3.8, 4) is 5.75 Å². The van der Waals surface area contributed by atoms with Gasteiger partial charge in [-0.2, -0.15) is 0 Å². The van der Waals surface area contributed by atoms with Gasteiger partial charge in [0.1, 0.15) is 15.9 Å². The molecule has 0 saturated heterocycles. The Bertz CT molecular complexity index is 451. The number of ether oxygens (including phenoxy) is 2. The van der Waals surface area contributed by atoms with Crippen molar-refractivity contribution < 1.29 is 52.0 Å². The van der Waals surface area contributed by atoms with Gasteiger partial charge in [0.25, 0.3) is 0 Å². The third-order valence-corrected chi connectivity index (χ3v) is 3.42. The normalized spacial score (nSPS) is 10.8. The Morgan fingerprint density at radius 3 is 2.67 bits per heavy atom. The molecule has 0 amide bonds. The van der Waals surface area contributed by atoms with Crippen molar-refractivity contribution in [2.75, 3.05) is 17.8 Å². The van der Waals surface area contributed by atoms with Gasteiger partial charge in [-0.1, -0.05) is 28.7 Å². The molecule has 5 nitrogen and oxygen atoms in total. The van der Waals surface area contributed by atoms with Gasteiger partial charge >= 0.3 is 29.6 Å². The third-order valence-electron chi connectivity index (χ3n) is 1.83. The van der Waals surface area contributed by atoms with E-state index in [1.807, 2.05) is 0 Å². The Hall–Kier alpha value is 0.620. The van der Waals surface area contributed by atoms with Gasteiger partial charge in [-0.05, 0) is 24.6 Å². The summed E-state index contributed by atoms with van der Waals surface area (Å²) in [6.45, 7) is 0.626. The molecule has 0 bridgehead atoms. The van der Waals surface area contributed by atoms with Crippen molar-refractivity contribution in [3.63, 3.8) is 0 Å². The molecule has 18 heavy (non-hydrogen) atoms. The summed E-state index contributed by atoms with van der Waals surface area (Å²) in [5.41, 5.74) is 0. The zero-order valence-corrected chi connectivity index (χ0v) is 14.9. The Labute approximate surface area is 142 Å². The maximum atomic E-state index is 10.8. The molecule has 0 atom stereocenters. The molecular formula is C10H12INaO5S. The summed E-state index contributed by atoms with van der Waals surface area (Å²) in [4.78, 5) is -0.303. The number of halogens is 1. The molecule has 0 N–H and O–H groups in total. The van der Waals surface area contributed by atoms with Crippen LogP contribution in [0.5, 0.6) is 5.75 Å². The molecule has 1 aromatic rings. The molecule has 0 spiro atoms. The van der Waals surface area contributed by atoms with Crippen LogP contribution in [0.2, 0.25) is 0 Å². The van der Waals surface area contributed by atoms with E-state index < -0.39 is 10.1 Å². The van der Waals surface area contributed by atoms with E-state index in [0.29, 0.717) is 12.4 Å². The summed E-state index contributed by atoms with van der Waals surface area (Å²) < 4.78 is 43.6. The van der Waals surface area contributed by atoms with Crippen LogP contribution in [0.4, 0.5) is 0 Å². The Balaban J connectivity index is 0.00000289. The Morgan fingerprint density at radius 1 is 1.33 bits per heavy atom. The molecule has 0 fully saturated rings.